The summed E-state index contributed by atoms with van der Waals surface area (Å²) in [6.07, 6.45) is 3.32. The zero-order valence-corrected chi connectivity index (χ0v) is 16.1. The Bertz CT molecular complexity index is 955. The van der Waals surface area contributed by atoms with Crippen LogP contribution in [0, 0.1) is 13.8 Å². The highest BCUT2D eigenvalue weighted by molar-refractivity contribution is 5.90. The van der Waals surface area contributed by atoms with Crippen LogP contribution in [0.25, 0.3) is 5.82 Å². The first-order chi connectivity index (χ1) is 13.5. The third-order valence-corrected chi connectivity index (χ3v) is 4.01. The molecule has 0 atom stereocenters. The van der Waals surface area contributed by atoms with E-state index in [4.69, 9.17) is 4.74 Å². The van der Waals surface area contributed by atoms with Crippen LogP contribution in [0.15, 0.2) is 42.9 Å². The van der Waals surface area contributed by atoms with Gasteiger partial charge in [0.1, 0.15) is 17.9 Å². The van der Waals surface area contributed by atoms with Gasteiger partial charge in [-0.15, -0.1) is 0 Å². The van der Waals surface area contributed by atoms with Gasteiger partial charge in [0.25, 0.3) is 0 Å². The monoisotopic (exact) mass is 381 g/mol. The number of rotatable bonds is 7. The van der Waals surface area contributed by atoms with Crippen LogP contribution in [0.1, 0.15) is 11.3 Å². The van der Waals surface area contributed by atoms with Crippen molar-refractivity contribution >= 4 is 17.5 Å². The van der Waals surface area contributed by atoms with Crippen molar-refractivity contribution in [2.24, 2.45) is 0 Å². The number of amides is 2. The van der Waals surface area contributed by atoms with Crippen molar-refractivity contribution < 1.29 is 9.53 Å². The number of nitrogens with one attached hydrogen (secondary N) is 3. The van der Waals surface area contributed by atoms with E-state index in [9.17, 15) is 4.79 Å². The van der Waals surface area contributed by atoms with Crippen molar-refractivity contribution in [3.8, 4) is 11.6 Å². The van der Waals surface area contributed by atoms with Gasteiger partial charge in [0.15, 0.2) is 5.82 Å². The molecular formula is C19H23N7O2. The zero-order chi connectivity index (χ0) is 19.9. The quantitative estimate of drug-likeness (QED) is 0.543. The molecule has 0 unspecified atom stereocenters. The first-order valence-electron chi connectivity index (χ1n) is 8.83. The number of benzene rings is 1. The molecule has 0 bridgehead atoms. The molecule has 0 aliphatic carbocycles. The van der Waals surface area contributed by atoms with Crippen molar-refractivity contribution in [2.45, 2.75) is 13.8 Å². The number of urea groups is 1. The van der Waals surface area contributed by atoms with Crippen LogP contribution in [-0.2, 0) is 0 Å². The molecule has 3 aromatic rings. The van der Waals surface area contributed by atoms with Crippen molar-refractivity contribution in [3.63, 3.8) is 0 Å². The fraction of sp³-hybridized carbons (Fsp3) is 0.263. The van der Waals surface area contributed by atoms with Crippen LogP contribution in [0.2, 0.25) is 0 Å². The summed E-state index contributed by atoms with van der Waals surface area (Å²) in [4.78, 5) is 20.4. The Hall–Kier alpha value is -3.62. The lowest BCUT2D eigenvalue weighted by atomic mass is 10.2. The van der Waals surface area contributed by atoms with Crippen LogP contribution in [0.4, 0.5) is 16.3 Å². The van der Waals surface area contributed by atoms with Gasteiger partial charge in [-0.1, -0.05) is 0 Å². The maximum atomic E-state index is 12.1. The van der Waals surface area contributed by atoms with Gasteiger partial charge in [-0.05, 0) is 43.7 Å². The zero-order valence-electron chi connectivity index (χ0n) is 16.1. The predicted molar refractivity (Wildman–Crippen MR) is 107 cm³/mol. The molecule has 0 aliphatic rings. The minimum Gasteiger partial charge on any atom is -0.497 e. The van der Waals surface area contributed by atoms with Crippen molar-refractivity contribution in [1.82, 2.24) is 25.1 Å². The minimum atomic E-state index is -0.273. The maximum absolute atomic E-state index is 12.1. The number of ether oxygens (including phenoxy) is 1. The van der Waals surface area contributed by atoms with E-state index in [1.54, 1.807) is 23.9 Å². The highest BCUT2D eigenvalue weighted by atomic mass is 16.5. The van der Waals surface area contributed by atoms with E-state index >= 15 is 0 Å². The third-order valence-electron chi connectivity index (χ3n) is 4.01. The smallest absolute Gasteiger partial charge is 0.319 e. The molecule has 0 saturated heterocycles. The number of hydrogen-bond donors (Lipinski definition) is 3. The van der Waals surface area contributed by atoms with E-state index in [0.717, 1.165) is 22.7 Å². The summed E-state index contributed by atoms with van der Waals surface area (Å²) in [5.41, 5.74) is 2.58. The van der Waals surface area contributed by atoms with Gasteiger partial charge in [0, 0.05) is 31.0 Å². The number of hydrogen-bond acceptors (Lipinski definition) is 6. The fourth-order valence-corrected chi connectivity index (χ4v) is 2.55. The van der Waals surface area contributed by atoms with Crippen molar-refractivity contribution in [1.29, 1.82) is 0 Å². The first kappa shape index (κ1) is 19.2. The molecule has 3 rings (SSSR count). The van der Waals surface area contributed by atoms with Crippen molar-refractivity contribution in [3.05, 3.63) is 54.1 Å². The molecular weight excluding hydrogens is 358 g/mol. The molecule has 28 heavy (non-hydrogen) atoms. The molecule has 2 heterocycles. The highest BCUT2D eigenvalue weighted by Gasteiger charge is 2.06. The van der Waals surface area contributed by atoms with Crippen LogP contribution in [-0.4, -0.2) is 46.0 Å². The summed E-state index contributed by atoms with van der Waals surface area (Å²) < 4.78 is 6.85. The topological polar surface area (TPSA) is 106 Å². The SMILES string of the molecule is COc1ccc(NC(=O)NCCNc2cc(-n3ccc(C)n3)ncn2)c(C)c1. The molecule has 9 heteroatoms. The Balaban J connectivity index is 1.46. The molecule has 0 fully saturated rings. The summed E-state index contributed by atoms with van der Waals surface area (Å²) in [7, 11) is 1.61. The molecule has 146 valence electrons. The Labute approximate surface area is 163 Å². The van der Waals surface area contributed by atoms with E-state index in [0.29, 0.717) is 24.7 Å². The summed E-state index contributed by atoms with van der Waals surface area (Å²) in [5, 5.41) is 13.1. The lowest BCUT2D eigenvalue weighted by Gasteiger charge is -2.11. The van der Waals surface area contributed by atoms with Crippen LogP contribution < -0.4 is 20.7 Å². The molecule has 2 amide bonds. The van der Waals surface area contributed by atoms with E-state index < -0.39 is 0 Å². The average molecular weight is 381 g/mol. The first-order valence-corrected chi connectivity index (χ1v) is 8.83. The van der Waals surface area contributed by atoms with Gasteiger partial charge in [-0.2, -0.15) is 5.10 Å². The van der Waals surface area contributed by atoms with E-state index in [1.165, 1.54) is 6.33 Å². The number of methoxy groups -OCH3 is 1. The van der Waals surface area contributed by atoms with E-state index in [1.807, 2.05) is 38.2 Å². The van der Waals surface area contributed by atoms with Gasteiger partial charge in [-0.25, -0.2) is 19.4 Å². The number of aryl methyl sites for hydroxylation is 2. The second-order valence-corrected chi connectivity index (χ2v) is 6.15. The summed E-state index contributed by atoms with van der Waals surface area (Å²) in [5.74, 6) is 2.08. The highest BCUT2D eigenvalue weighted by Crippen LogP contribution is 2.20. The maximum Gasteiger partial charge on any atom is 0.319 e. The van der Waals surface area contributed by atoms with Gasteiger partial charge in [0.2, 0.25) is 0 Å². The van der Waals surface area contributed by atoms with Crippen molar-refractivity contribution in [2.75, 3.05) is 30.8 Å². The molecule has 0 saturated carbocycles. The number of aromatic nitrogens is 4. The largest absolute Gasteiger partial charge is 0.497 e. The number of carbonyl (C=O) groups excluding carboxylic acids is 1. The lowest BCUT2D eigenvalue weighted by Crippen LogP contribution is -2.32. The lowest BCUT2D eigenvalue weighted by molar-refractivity contribution is 0.252. The van der Waals surface area contributed by atoms with Gasteiger partial charge >= 0.3 is 6.03 Å². The molecule has 1 aromatic carbocycles. The normalized spacial score (nSPS) is 10.4. The molecule has 0 spiro atoms. The summed E-state index contributed by atoms with van der Waals surface area (Å²) >= 11 is 0. The minimum absolute atomic E-state index is 0.273. The summed E-state index contributed by atoms with van der Waals surface area (Å²) in [6.45, 7) is 4.78. The predicted octanol–water partition coefficient (Wildman–Crippen LogP) is 2.52. The Morgan fingerprint density at radius 3 is 2.71 bits per heavy atom. The van der Waals surface area contributed by atoms with Crippen LogP contribution in [0.5, 0.6) is 5.75 Å². The molecule has 3 N–H and O–H groups in total. The van der Waals surface area contributed by atoms with Gasteiger partial charge < -0.3 is 20.7 Å². The Kier molecular flexibility index (Phi) is 6.05. The van der Waals surface area contributed by atoms with E-state index in [2.05, 4.69) is 31.0 Å². The second kappa shape index (κ2) is 8.85. The number of carbonyl (C=O) groups is 1. The fourth-order valence-electron chi connectivity index (χ4n) is 2.55. The molecule has 0 radical (unpaired) electrons. The molecule has 2 aromatic heterocycles. The van der Waals surface area contributed by atoms with Crippen LogP contribution in [0.3, 0.4) is 0 Å². The number of anilines is 2. The van der Waals surface area contributed by atoms with Crippen LogP contribution >= 0.6 is 0 Å². The standard InChI is InChI=1S/C19H23N7O2/c1-13-10-15(28-3)4-5-16(13)24-19(27)21-8-7-20-17-11-18(23-12-22-17)26-9-6-14(2)25-26/h4-6,9-12H,7-8H2,1-3H3,(H,20,22,23)(H2,21,24,27). The van der Waals surface area contributed by atoms with E-state index in [-0.39, 0.29) is 6.03 Å². The Morgan fingerprint density at radius 2 is 2.00 bits per heavy atom. The Morgan fingerprint density at radius 1 is 1.14 bits per heavy atom. The summed E-state index contributed by atoms with van der Waals surface area (Å²) in [6, 6.07) is 8.91. The van der Waals surface area contributed by atoms with Gasteiger partial charge in [-0.3, -0.25) is 0 Å². The number of nitrogens with zero attached hydrogens (tertiary/aromatic N) is 4. The van der Waals surface area contributed by atoms with Gasteiger partial charge in [0.05, 0.1) is 12.8 Å². The third kappa shape index (κ3) is 4.97. The molecule has 9 nitrogen and oxygen atoms in total. The second-order valence-electron chi connectivity index (χ2n) is 6.15. The molecule has 0 aliphatic heterocycles. The average Bonchev–Trinajstić information content (AvgIpc) is 3.13.